The van der Waals surface area contributed by atoms with Crippen molar-refractivity contribution in [3.8, 4) is 0 Å². The largest absolute Gasteiger partial charge is 0.417 e. The summed E-state index contributed by atoms with van der Waals surface area (Å²) in [5, 5.41) is 2.69. The van der Waals surface area contributed by atoms with Gasteiger partial charge in [0.25, 0.3) is 0 Å². The highest BCUT2D eigenvalue weighted by Gasteiger charge is 2.33. The predicted molar refractivity (Wildman–Crippen MR) is 75.0 cm³/mol. The van der Waals surface area contributed by atoms with Gasteiger partial charge in [-0.15, -0.1) is 0 Å². The molecule has 0 unspecified atom stereocenters. The molecule has 0 amide bonds. The van der Waals surface area contributed by atoms with E-state index in [1.807, 2.05) is 31.2 Å². The van der Waals surface area contributed by atoms with Crippen LogP contribution in [-0.4, -0.2) is 0 Å². The third-order valence-corrected chi connectivity index (χ3v) is 3.35. The van der Waals surface area contributed by atoms with E-state index in [9.17, 15) is 13.2 Å². The number of halogens is 4. The van der Waals surface area contributed by atoms with Crippen LogP contribution in [0.25, 0.3) is 0 Å². The second kappa shape index (κ2) is 5.75. The number of nitrogens with one attached hydrogen (secondary N) is 1. The van der Waals surface area contributed by atoms with Gasteiger partial charge in [0.05, 0.1) is 10.6 Å². The lowest BCUT2D eigenvalue weighted by Crippen LogP contribution is -2.08. The number of rotatable bonds is 3. The quantitative estimate of drug-likeness (QED) is 0.813. The van der Waals surface area contributed by atoms with Crippen LogP contribution >= 0.6 is 11.6 Å². The van der Waals surface area contributed by atoms with Crippen LogP contribution in [0.1, 0.15) is 16.7 Å². The lowest BCUT2D eigenvalue weighted by Gasteiger charge is -2.13. The van der Waals surface area contributed by atoms with E-state index in [0.29, 0.717) is 12.2 Å². The van der Waals surface area contributed by atoms with E-state index in [4.69, 9.17) is 11.6 Å². The predicted octanol–water partition coefficient (Wildman–Crippen LogP) is 5.28. The fourth-order valence-corrected chi connectivity index (χ4v) is 2.08. The topological polar surface area (TPSA) is 12.0 Å². The van der Waals surface area contributed by atoms with Crippen LogP contribution in [0.5, 0.6) is 0 Å². The van der Waals surface area contributed by atoms with Crippen LogP contribution in [0.4, 0.5) is 18.9 Å². The first kappa shape index (κ1) is 14.7. The molecule has 0 spiro atoms. The summed E-state index contributed by atoms with van der Waals surface area (Å²) in [7, 11) is 0. The van der Waals surface area contributed by atoms with E-state index in [1.54, 1.807) is 0 Å². The zero-order valence-corrected chi connectivity index (χ0v) is 11.5. The molecule has 2 aromatic carbocycles. The van der Waals surface area contributed by atoms with Crippen molar-refractivity contribution in [2.24, 2.45) is 0 Å². The Balaban J connectivity index is 2.17. The van der Waals surface area contributed by atoms with Crippen LogP contribution in [-0.2, 0) is 12.7 Å². The Labute approximate surface area is 120 Å². The maximum atomic E-state index is 12.7. The Morgan fingerprint density at radius 3 is 2.45 bits per heavy atom. The Morgan fingerprint density at radius 1 is 1.10 bits per heavy atom. The highest BCUT2D eigenvalue weighted by atomic mass is 35.5. The summed E-state index contributed by atoms with van der Waals surface area (Å²) in [6, 6.07) is 11.5. The Kier molecular flexibility index (Phi) is 4.23. The molecule has 0 radical (unpaired) electrons. The van der Waals surface area contributed by atoms with Crippen LogP contribution < -0.4 is 5.32 Å². The molecular weight excluding hydrogens is 287 g/mol. The van der Waals surface area contributed by atoms with Gasteiger partial charge in [-0.05, 0) is 36.2 Å². The number of hydrogen-bond donors (Lipinski definition) is 1. The maximum absolute atomic E-state index is 12.7. The maximum Gasteiger partial charge on any atom is 0.417 e. The number of alkyl halides is 3. The molecule has 20 heavy (non-hydrogen) atoms. The van der Waals surface area contributed by atoms with Gasteiger partial charge in [-0.2, -0.15) is 13.2 Å². The minimum absolute atomic E-state index is 0.293. The summed E-state index contributed by atoms with van der Waals surface area (Å²) in [5.41, 5.74) is 1.69. The number of aryl methyl sites for hydroxylation is 1. The molecule has 0 bridgehead atoms. The summed E-state index contributed by atoms with van der Waals surface area (Å²) >= 11 is 5.58. The molecule has 0 aliphatic carbocycles. The molecule has 106 valence electrons. The van der Waals surface area contributed by atoms with Crippen LogP contribution in [0.15, 0.2) is 42.5 Å². The summed E-state index contributed by atoms with van der Waals surface area (Å²) < 4.78 is 38.2. The summed E-state index contributed by atoms with van der Waals surface area (Å²) in [6.45, 7) is 2.42. The van der Waals surface area contributed by atoms with Crippen molar-refractivity contribution in [3.63, 3.8) is 0 Å². The minimum Gasteiger partial charge on any atom is -0.381 e. The average Bonchev–Trinajstić information content (AvgIpc) is 2.38. The van der Waals surface area contributed by atoms with Crippen molar-refractivity contribution in [1.82, 2.24) is 0 Å². The molecule has 0 aromatic heterocycles. The zero-order valence-electron chi connectivity index (χ0n) is 10.8. The average molecular weight is 300 g/mol. The SMILES string of the molecule is Cc1ccccc1CNc1ccc(Cl)c(C(F)(F)F)c1. The fourth-order valence-electron chi connectivity index (χ4n) is 1.86. The molecule has 0 heterocycles. The number of hydrogen-bond acceptors (Lipinski definition) is 1. The molecule has 2 rings (SSSR count). The molecule has 2 aromatic rings. The van der Waals surface area contributed by atoms with Crippen molar-refractivity contribution in [3.05, 3.63) is 64.2 Å². The summed E-state index contributed by atoms with van der Waals surface area (Å²) in [6.07, 6.45) is -4.45. The van der Waals surface area contributed by atoms with E-state index >= 15 is 0 Å². The van der Waals surface area contributed by atoms with Gasteiger partial charge in [-0.25, -0.2) is 0 Å². The third-order valence-electron chi connectivity index (χ3n) is 3.02. The molecular formula is C15H13ClF3N. The van der Waals surface area contributed by atoms with E-state index in [1.165, 1.54) is 12.1 Å². The first-order valence-electron chi connectivity index (χ1n) is 6.03. The minimum atomic E-state index is -4.45. The molecule has 0 fully saturated rings. The fraction of sp³-hybridized carbons (Fsp3) is 0.200. The van der Waals surface area contributed by atoms with Crippen LogP contribution in [0.3, 0.4) is 0 Å². The Bertz CT molecular complexity index is 608. The molecule has 0 aliphatic rings. The van der Waals surface area contributed by atoms with Gasteiger partial charge in [0.1, 0.15) is 0 Å². The molecule has 1 N–H and O–H groups in total. The molecule has 1 nitrogen and oxygen atoms in total. The van der Waals surface area contributed by atoms with Crippen LogP contribution in [0, 0.1) is 6.92 Å². The van der Waals surface area contributed by atoms with Crippen LogP contribution in [0.2, 0.25) is 5.02 Å². The van der Waals surface area contributed by atoms with Crippen molar-refractivity contribution >= 4 is 17.3 Å². The Morgan fingerprint density at radius 2 is 1.80 bits per heavy atom. The van der Waals surface area contributed by atoms with Crippen molar-refractivity contribution < 1.29 is 13.2 Å². The second-order valence-corrected chi connectivity index (χ2v) is 4.88. The zero-order chi connectivity index (χ0) is 14.8. The number of anilines is 1. The molecule has 5 heteroatoms. The van der Waals surface area contributed by atoms with Crippen molar-refractivity contribution in [1.29, 1.82) is 0 Å². The Hall–Kier alpha value is -1.68. The molecule has 0 saturated carbocycles. The smallest absolute Gasteiger partial charge is 0.381 e. The van der Waals surface area contributed by atoms with E-state index in [2.05, 4.69) is 5.32 Å². The summed E-state index contributed by atoms with van der Waals surface area (Å²) in [5.74, 6) is 0. The van der Waals surface area contributed by atoms with Gasteiger partial charge in [0.15, 0.2) is 0 Å². The van der Waals surface area contributed by atoms with Gasteiger partial charge < -0.3 is 5.32 Å². The first-order chi connectivity index (χ1) is 9.38. The molecule has 0 atom stereocenters. The lowest BCUT2D eigenvalue weighted by molar-refractivity contribution is -0.137. The van der Waals surface area contributed by atoms with Gasteiger partial charge in [-0.1, -0.05) is 35.9 Å². The number of benzene rings is 2. The van der Waals surface area contributed by atoms with Crippen molar-refractivity contribution in [2.75, 3.05) is 5.32 Å². The lowest BCUT2D eigenvalue weighted by atomic mass is 10.1. The summed E-state index contributed by atoms with van der Waals surface area (Å²) in [4.78, 5) is 0. The standard InChI is InChI=1S/C15H13ClF3N/c1-10-4-2-3-5-11(10)9-20-12-6-7-14(16)13(8-12)15(17,18)19/h2-8,20H,9H2,1H3. The highest BCUT2D eigenvalue weighted by molar-refractivity contribution is 6.31. The van der Waals surface area contributed by atoms with Gasteiger partial charge in [0, 0.05) is 12.2 Å². The van der Waals surface area contributed by atoms with Gasteiger partial charge >= 0.3 is 6.18 Å². The monoisotopic (exact) mass is 299 g/mol. The highest BCUT2D eigenvalue weighted by Crippen LogP contribution is 2.36. The normalized spacial score (nSPS) is 11.4. The van der Waals surface area contributed by atoms with Gasteiger partial charge in [0.2, 0.25) is 0 Å². The molecule has 0 saturated heterocycles. The second-order valence-electron chi connectivity index (χ2n) is 4.47. The molecule has 0 aliphatic heterocycles. The van der Waals surface area contributed by atoms with Gasteiger partial charge in [-0.3, -0.25) is 0 Å². The third kappa shape index (κ3) is 3.45. The van der Waals surface area contributed by atoms with E-state index in [0.717, 1.165) is 17.2 Å². The first-order valence-corrected chi connectivity index (χ1v) is 6.41. The van der Waals surface area contributed by atoms with Crippen molar-refractivity contribution in [2.45, 2.75) is 19.6 Å². The van der Waals surface area contributed by atoms with E-state index in [-0.39, 0.29) is 5.02 Å². The van der Waals surface area contributed by atoms with E-state index < -0.39 is 11.7 Å².